The van der Waals surface area contributed by atoms with Gasteiger partial charge in [0.15, 0.2) is 15.6 Å². The van der Waals surface area contributed by atoms with Crippen LogP contribution in [0.5, 0.6) is 5.75 Å². The van der Waals surface area contributed by atoms with Crippen molar-refractivity contribution in [3.05, 3.63) is 65.9 Å². The summed E-state index contributed by atoms with van der Waals surface area (Å²) < 4.78 is 23.5. The quantitative estimate of drug-likeness (QED) is 0.543. The first-order valence-electron chi connectivity index (χ1n) is 7.79. The summed E-state index contributed by atoms with van der Waals surface area (Å²) in [5, 5.41) is 11.7. The number of para-hydroxylation sites is 1. The molecule has 0 aliphatic heterocycles. The van der Waals surface area contributed by atoms with Crippen molar-refractivity contribution in [2.75, 3.05) is 6.26 Å². The second-order valence-electron chi connectivity index (χ2n) is 6.07. The molecule has 0 amide bonds. The maximum Gasteiger partial charge on any atom is 0.198 e. The Labute approximate surface area is 149 Å². The van der Waals surface area contributed by atoms with Gasteiger partial charge in [0.2, 0.25) is 0 Å². The molecule has 2 N–H and O–H groups in total. The number of pyridine rings is 1. The lowest BCUT2D eigenvalue weighted by atomic mass is 10.0. The van der Waals surface area contributed by atoms with Crippen molar-refractivity contribution in [1.29, 1.82) is 0 Å². The molecular weight excluding hydrogens is 352 g/mol. The Bertz CT molecular complexity index is 1290. The summed E-state index contributed by atoms with van der Waals surface area (Å²) in [6.45, 7) is 0. The predicted octanol–water partition coefficient (Wildman–Crippen LogP) is 3.06. The molecule has 26 heavy (non-hydrogen) atoms. The van der Waals surface area contributed by atoms with Crippen molar-refractivity contribution in [3.63, 3.8) is 0 Å². The van der Waals surface area contributed by atoms with Gasteiger partial charge in [0.05, 0.1) is 10.5 Å². The minimum Gasteiger partial charge on any atom is -0.507 e. The van der Waals surface area contributed by atoms with Crippen molar-refractivity contribution in [1.82, 2.24) is 9.97 Å². The lowest BCUT2D eigenvalue weighted by molar-refractivity contribution is 0.103. The highest BCUT2D eigenvalue weighted by molar-refractivity contribution is 7.90. The number of H-pyrrole nitrogens is 1. The summed E-state index contributed by atoms with van der Waals surface area (Å²) in [6, 6.07) is 13.0. The Morgan fingerprint density at radius 1 is 1.08 bits per heavy atom. The van der Waals surface area contributed by atoms with Gasteiger partial charge in [-0.15, -0.1) is 0 Å². The Balaban J connectivity index is 1.87. The number of carbonyl (C=O) groups is 1. The summed E-state index contributed by atoms with van der Waals surface area (Å²) in [7, 11) is -3.50. The van der Waals surface area contributed by atoms with Crippen molar-refractivity contribution < 1.29 is 18.3 Å². The molecule has 0 atom stereocenters. The maximum absolute atomic E-state index is 12.8. The Hall–Kier alpha value is -3.19. The first-order chi connectivity index (χ1) is 12.3. The van der Waals surface area contributed by atoms with Crippen molar-refractivity contribution in [2.24, 2.45) is 0 Å². The van der Waals surface area contributed by atoms with Crippen molar-refractivity contribution >= 4 is 37.6 Å². The monoisotopic (exact) mass is 366 g/mol. The van der Waals surface area contributed by atoms with Gasteiger partial charge in [-0.05, 0) is 30.3 Å². The maximum atomic E-state index is 12.8. The number of nitrogens with zero attached hydrogens (tertiary/aromatic N) is 1. The largest absolute Gasteiger partial charge is 0.507 e. The molecule has 0 spiro atoms. The highest BCUT2D eigenvalue weighted by atomic mass is 32.2. The highest BCUT2D eigenvalue weighted by Gasteiger charge is 2.19. The molecule has 0 aliphatic carbocycles. The number of rotatable bonds is 3. The zero-order valence-corrected chi connectivity index (χ0v) is 14.5. The average Bonchev–Trinajstić information content (AvgIpc) is 2.98. The number of aromatic hydroxyl groups is 1. The van der Waals surface area contributed by atoms with E-state index >= 15 is 0 Å². The molecule has 2 aromatic heterocycles. The summed E-state index contributed by atoms with van der Waals surface area (Å²) in [4.78, 5) is 20.3. The summed E-state index contributed by atoms with van der Waals surface area (Å²) in [5.74, 6) is -0.769. The van der Waals surface area contributed by atoms with Gasteiger partial charge >= 0.3 is 0 Å². The molecule has 2 aromatic carbocycles. The number of carbonyl (C=O) groups excluding carboxylic acids is 1. The van der Waals surface area contributed by atoms with Gasteiger partial charge in [-0.3, -0.25) is 4.79 Å². The molecule has 130 valence electrons. The van der Waals surface area contributed by atoms with E-state index in [0.29, 0.717) is 5.65 Å². The average molecular weight is 366 g/mol. The van der Waals surface area contributed by atoms with E-state index in [9.17, 15) is 18.3 Å². The number of hydrogen-bond acceptors (Lipinski definition) is 5. The van der Waals surface area contributed by atoms with Crippen LogP contribution in [0.3, 0.4) is 0 Å². The molecule has 2 heterocycles. The summed E-state index contributed by atoms with van der Waals surface area (Å²) >= 11 is 0. The standard InChI is InChI=1S/C19H14N2O4S/c1-26(24,25)12-6-7-17(22)15(9-12)18(23)11-8-14-13-4-2-3-5-16(13)21-19(14)20-10-11/h2-10,22H,1H3,(H,20,21). The predicted molar refractivity (Wildman–Crippen MR) is 98.2 cm³/mol. The van der Waals surface area contributed by atoms with Crippen LogP contribution in [0, 0.1) is 0 Å². The number of phenolic OH excluding ortho intramolecular Hbond substituents is 1. The van der Waals surface area contributed by atoms with E-state index in [0.717, 1.165) is 22.5 Å². The molecule has 4 rings (SSSR count). The topological polar surface area (TPSA) is 100 Å². The molecule has 6 nitrogen and oxygen atoms in total. The van der Waals surface area contributed by atoms with Crippen LogP contribution in [-0.4, -0.2) is 35.5 Å². The number of ketones is 1. The fourth-order valence-electron chi connectivity index (χ4n) is 2.93. The molecule has 7 heteroatoms. The number of phenols is 1. The molecule has 0 unspecified atom stereocenters. The van der Waals surface area contributed by atoms with E-state index in [1.54, 1.807) is 6.07 Å². The van der Waals surface area contributed by atoms with Crippen LogP contribution < -0.4 is 0 Å². The highest BCUT2D eigenvalue weighted by Crippen LogP contribution is 2.28. The van der Waals surface area contributed by atoms with Gasteiger partial charge in [-0.2, -0.15) is 0 Å². The molecule has 0 fully saturated rings. The summed E-state index contributed by atoms with van der Waals surface area (Å²) in [6.07, 6.45) is 2.46. The molecule has 4 aromatic rings. The second-order valence-corrected chi connectivity index (χ2v) is 8.09. The number of benzene rings is 2. The molecule has 0 radical (unpaired) electrons. The van der Waals surface area contributed by atoms with Crippen LogP contribution >= 0.6 is 0 Å². The first kappa shape index (κ1) is 16.3. The number of fused-ring (bicyclic) bond motifs is 3. The van der Waals surface area contributed by atoms with Crippen LogP contribution in [0.2, 0.25) is 0 Å². The molecule has 0 saturated carbocycles. The van der Waals surface area contributed by atoms with Gasteiger partial charge in [0.1, 0.15) is 11.4 Å². The van der Waals surface area contributed by atoms with E-state index < -0.39 is 15.6 Å². The third-order valence-electron chi connectivity index (χ3n) is 4.26. The number of aromatic amines is 1. The van der Waals surface area contributed by atoms with Crippen LogP contribution in [0.1, 0.15) is 15.9 Å². The summed E-state index contributed by atoms with van der Waals surface area (Å²) in [5.41, 5.74) is 1.75. The Morgan fingerprint density at radius 3 is 2.62 bits per heavy atom. The van der Waals surface area contributed by atoms with Crippen LogP contribution in [0.4, 0.5) is 0 Å². The van der Waals surface area contributed by atoms with Crippen molar-refractivity contribution in [3.8, 4) is 5.75 Å². The van der Waals surface area contributed by atoms with E-state index in [1.807, 2.05) is 24.3 Å². The Morgan fingerprint density at radius 2 is 1.85 bits per heavy atom. The normalized spacial score (nSPS) is 11.9. The van der Waals surface area contributed by atoms with Crippen molar-refractivity contribution in [2.45, 2.75) is 4.90 Å². The van der Waals surface area contributed by atoms with E-state index in [2.05, 4.69) is 9.97 Å². The number of hydrogen-bond donors (Lipinski definition) is 2. The van der Waals surface area contributed by atoms with Gasteiger partial charge in [0.25, 0.3) is 0 Å². The number of aromatic nitrogens is 2. The molecule has 0 aliphatic rings. The van der Waals surface area contributed by atoms with E-state index in [-0.39, 0.29) is 21.8 Å². The third kappa shape index (κ3) is 2.62. The molecule has 0 bridgehead atoms. The zero-order chi connectivity index (χ0) is 18.5. The number of sulfone groups is 1. The minimum atomic E-state index is -3.50. The van der Waals surface area contributed by atoms with E-state index in [4.69, 9.17) is 0 Å². The van der Waals surface area contributed by atoms with Crippen LogP contribution in [0.25, 0.3) is 21.9 Å². The van der Waals surface area contributed by atoms with Gasteiger partial charge < -0.3 is 10.1 Å². The van der Waals surface area contributed by atoms with Crippen LogP contribution in [-0.2, 0) is 9.84 Å². The van der Waals surface area contributed by atoms with Gasteiger partial charge in [0, 0.05) is 34.3 Å². The lowest BCUT2D eigenvalue weighted by Gasteiger charge is -2.06. The van der Waals surface area contributed by atoms with Gasteiger partial charge in [-0.1, -0.05) is 18.2 Å². The molecule has 0 saturated heterocycles. The smallest absolute Gasteiger partial charge is 0.198 e. The number of nitrogens with one attached hydrogen (secondary N) is 1. The Kier molecular flexibility index (Phi) is 3.55. The van der Waals surface area contributed by atoms with E-state index in [1.165, 1.54) is 24.4 Å². The zero-order valence-electron chi connectivity index (χ0n) is 13.7. The van der Waals surface area contributed by atoms with Gasteiger partial charge in [-0.25, -0.2) is 13.4 Å². The SMILES string of the molecule is CS(=O)(=O)c1ccc(O)c(C(=O)c2cnc3[nH]c4ccccc4c3c2)c1. The minimum absolute atomic E-state index is 0.0280. The lowest BCUT2D eigenvalue weighted by Crippen LogP contribution is -2.05. The van der Waals surface area contributed by atoms with Crippen LogP contribution in [0.15, 0.2) is 59.6 Å². The molecular formula is C19H14N2O4S. The first-order valence-corrected chi connectivity index (χ1v) is 9.68. The fraction of sp³-hybridized carbons (Fsp3) is 0.0526. The third-order valence-corrected chi connectivity index (χ3v) is 5.37. The fourth-order valence-corrected chi connectivity index (χ4v) is 3.58. The second kappa shape index (κ2) is 5.67.